The molecule has 18 heavy (non-hydrogen) atoms. The second kappa shape index (κ2) is 6.80. The summed E-state index contributed by atoms with van der Waals surface area (Å²) in [7, 11) is 0. The van der Waals surface area contributed by atoms with Crippen molar-refractivity contribution in [1.29, 1.82) is 0 Å². The fourth-order valence-corrected chi connectivity index (χ4v) is 1.85. The number of amides is 1. The standard InChI is InChI=1S/C12H14BrF2NO2/c1-8-2-3-9(6-10(8)13)12(18)16(4-5-17)7-11(14)15/h2-3,6,11,17H,4-5,7H2,1H3. The Morgan fingerprint density at radius 2 is 2.17 bits per heavy atom. The molecule has 0 bridgehead atoms. The third-order valence-corrected chi connectivity index (χ3v) is 3.29. The van der Waals surface area contributed by atoms with E-state index in [1.54, 1.807) is 18.2 Å². The predicted molar refractivity (Wildman–Crippen MR) is 67.9 cm³/mol. The van der Waals surface area contributed by atoms with Gasteiger partial charge in [0, 0.05) is 16.6 Å². The zero-order valence-electron chi connectivity index (χ0n) is 9.87. The largest absolute Gasteiger partial charge is 0.395 e. The summed E-state index contributed by atoms with van der Waals surface area (Å²) in [5.74, 6) is -0.509. The van der Waals surface area contributed by atoms with Gasteiger partial charge in [0.2, 0.25) is 0 Å². The molecule has 0 radical (unpaired) electrons. The van der Waals surface area contributed by atoms with Crippen LogP contribution in [-0.2, 0) is 0 Å². The molecule has 1 amide bonds. The Bertz CT molecular complexity index is 427. The fourth-order valence-electron chi connectivity index (χ4n) is 1.47. The Labute approximate surface area is 113 Å². The summed E-state index contributed by atoms with van der Waals surface area (Å²) in [5.41, 5.74) is 1.27. The van der Waals surface area contributed by atoms with Crippen LogP contribution in [0.25, 0.3) is 0 Å². The van der Waals surface area contributed by atoms with Crippen LogP contribution in [0.2, 0.25) is 0 Å². The van der Waals surface area contributed by atoms with Gasteiger partial charge in [0.25, 0.3) is 12.3 Å². The minimum absolute atomic E-state index is 0.103. The van der Waals surface area contributed by atoms with Crippen LogP contribution in [-0.4, -0.2) is 42.0 Å². The van der Waals surface area contributed by atoms with Crippen molar-refractivity contribution in [3.05, 3.63) is 33.8 Å². The second-order valence-corrected chi connectivity index (χ2v) is 4.68. The highest BCUT2D eigenvalue weighted by Gasteiger charge is 2.19. The molecule has 0 fully saturated rings. The maximum Gasteiger partial charge on any atom is 0.255 e. The monoisotopic (exact) mass is 321 g/mol. The fraction of sp³-hybridized carbons (Fsp3) is 0.417. The molecule has 1 aromatic carbocycles. The van der Waals surface area contributed by atoms with E-state index >= 15 is 0 Å². The van der Waals surface area contributed by atoms with E-state index in [2.05, 4.69) is 15.9 Å². The van der Waals surface area contributed by atoms with Crippen molar-refractivity contribution in [2.24, 2.45) is 0 Å². The van der Waals surface area contributed by atoms with Gasteiger partial charge in [-0.05, 0) is 24.6 Å². The highest BCUT2D eigenvalue weighted by molar-refractivity contribution is 9.10. The van der Waals surface area contributed by atoms with Crippen LogP contribution in [0.4, 0.5) is 8.78 Å². The predicted octanol–water partition coefficient (Wildman–Crippen LogP) is 2.46. The van der Waals surface area contributed by atoms with Crippen molar-refractivity contribution in [2.75, 3.05) is 19.7 Å². The van der Waals surface area contributed by atoms with E-state index in [0.717, 1.165) is 14.9 Å². The molecule has 0 aliphatic heterocycles. The number of halogens is 3. The Balaban J connectivity index is 2.90. The molecule has 1 aromatic rings. The Kier molecular flexibility index (Phi) is 5.68. The van der Waals surface area contributed by atoms with Crippen molar-refractivity contribution in [3.8, 4) is 0 Å². The minimum Gasteiger partial charge on any atom is -0.395 e. The smallest absolute Gasteiger partial charge is 0.255 e. The molecule has 3 nitrogen and oxygen atoms in total. The maximum absolute atomic E-state index is 12.3. The zero-order valence-corrected chi connectivity index (χ0v) is 11.5. The third kappa shape index (κ3) is 4.03. The molecule has 0 unspecified atom stereocenters. The van der Waals surface area contributed by atoms with Gasteiger partial charge < -0.3 is 10.0 Å². The van der Waals surface area contributed by atoms with Crippen molar-refractivity contribution < 1.29 is 18.7 Å². The van der Waals surface area contributed by atoms with E-state index in [1.165, 1.54) is 0 Å². The van der Waals surface area contributed by atoms with E-state index in [9.17, 15) is 13.6 Å². The number of hydrogen-bond donors (Lipinski definition) is 1. The summed E-state index contributed by atoms with van der Waals surface area (Å²) >= 11 is 3.29. The first-order valence-electron chi connectivity index (χ1n) is 5.40. The van der Waals surface area contributed by atoms with E-state index in [-0.39, 0.29) is 13.2 Å². The molecule has 0 spiro atoms. The highest BCUT2D eigenvalue weighted by atomic mass is 79.9. The summed E-state index contributed by atoms with van der Waals surface area (Å²) in [6.07, 6.45) is -2.62. The number of aliphatic hydroxyl groups is 1. The second-order valence-electron chi connectivity index (χ2n) is 3.83. The Morgan fingerprint density at radius 1 is 1.50 bits per heavy atom. The van der Waals surface area contributed by atoms with Gasteiger partial charge in [0.05, 0.1) is 13.2 Å². The van der Waals surface area contributed by atoms with Crippen LogP contribution >= 0.6 is 15.9 Å². The number of aryl methyl sites for hydroxylation is 1. The molecule has 1 rings (SSSR count). The normalized spacial score (nSPS) is 10.8. The third-order valence-electron chi connectivity index (χ3n) is 2.43. The average Bonchev–Trinajstić information content (AvgIpc) is 2.31. The summed E-state index contributed by atoms with van der Waals surface area (Å²) in [6.45, 7) is 0.744. The molecular formula is C12H14BrF2NO2. The quantitative estimate of drug-likeness (QED) is 0.905. The summed E-state index contributed by atoms with van der Waals surface area (Å²) in [5, 5.41) is 8.80. The molecule has 0 heterocycles. The molecule has 6 heteroatoms. The summed E-state index contributed by atoms with van der Waals surface area (Å²) < 4.78 is 25.4. The van der Waals surface area contributed by atoms with Crippen molar-refractivity contribution in [2.45, 2.75) is 13.3 Å². The molecule has 0 aromatic heterocycles. The van der Waals surface area contributed by atoms with Crippen LogP contribution in [0.1, 0.15) is 15.9 Å². The Morgan fingerprint density at radius 3 is 2.67 bits per heavy atom. The SMILES string of the molecule is Cc1ccc(C(=O)N(CCO)CC(F)F)cc1Br. The first kappa shape index (κ1) is 15.0. The van der Waals surface area contributed by atoms with Crippen LogP contribution in [0.5, 0.6) is 0 Å². The maximum atomic E-state index is 12.3. The molecular weight excluding hydrogens is 308 g/mol. The first-order valence-corrected chi connectivity index (χ1v) is 6.19. The number of carbonyl (C=O) groups excluding carboxylic acids is 1. The number of aliphatic hydroxyl groups excluding tert-OH is 1. The number of hydrogen-bond acceptors (Lipinski definition) is 2. The first-order chi connectivity index (χ1) is 8.45. The van der Waals surface area contributed by atoms with E-state index in [1.807, 2.05) is 6.92 Å². The number of alkyl halides is 2. The minimum atomic E-state index is -2.62. The molecule has 100 valence electrons. The van der Waals surface area contributed by atoms with E-state index < -0.39 is 18.9 Å². The van der Waals surface area contributed by atoms with Crippen LogP contribution in [0.3, 0.4) is 0 Å². The molecule has 0 atom stereocenters. The van der Waals surface area contributed by atoms with Crippen molar-refractivity contribution in [3.63, 3.8) is 0 Å². The molecule has 0 aliphatic carbocycles. The van der Waals surface area contributed by atoms with Gasteiger partial charge in [-0.1, -0.05) is 22.0 Å². The van der Waals surface area contributed by atoms with Gasteiger partial charge in [0.15, 0.2) is 0 Å². The van der Waals surface area contributed by atoms with Gasteiger partial charge in [0.1, 0.15) is 0 Å². The van der Waals surface area contributed by atoms with Crippen LogP contribution < -0.4 is 0 Å². The molecule has 0 saturated carbocycles. The molecule has 0 aliphatic rings. The van der Waals surface area contributed by atoms with Gasteiger partial charge in [-0.25, -0.2) is 8.78 Å². The van der Waals surface area contributed by atoms with Crippen LogP contribution in [0, 0.1) is 6.92 Å². The highest BCUT2D eigenvalue weighted by Crippen LogP contribution is 2.18. The number of nitrogens with zero attached hydrogens (tertiary/aromatic N) is 1. The van der Waals surface area contributed by atoms with Crippen molar-refractivity contribution in [1.82, 2.24) is 4.90 Å². The van der Waals surface area contributed by atoms with Gasteiger partial charge in [-0.3, -0.25) is 4.79 Å². The number of rotatable bonds is 5. The number of carbonyl (C=O) groups is 1. The van der Waals surface area contributed by atoms with Gasteiger partial charge in [-0.2, -0.15) is 0 Å². The summed E-state index contributed by atoms with van der Waals surface area (Å²) in [6, 6.07) is 4.91. The lowest BCUT2D eigenvalue weighted by molar-refractivity contribution is 0.0509. The summed E-state index contributed by atoms with van der Waals surface area (Å²) in [4.78, 5) is 12.9. The lowest BCUT2D eigenvalue weighted by Gasteiger charge is -2.21. The lowest BCUT2D eigenvalue weighted by Crippen LogP contribution is -2.37. The Hall–Kier alpha value is -1.01. The van der Waals surface area contributed by atoms with E-state index in [0.29, 0.717) is 5.56 Å². The van der Waals surface area contributed by atoms with Crippen LogP contribution in [0.15, 0.2) is 22.7 Å². The van der Waals surface area contributed by atoms with Gasteiger partial charge in [-0.15, -0.1) is 0 Å². The lowest BCUT2D eigenvalue weighted by atomic mass is 10.1. The number of benzene rings is 1. The van der Waals surface area contributed by atoms with Crippen molar-refractivity contribution >= 4 is 21.8 Å². The zero-order chi connectivity index (χ0) is 13.7. The topological polar surface area (TPSA) is 40.5 Å². The van der Waals surface area contributed by atoms with E-state index in [4.69, 9.17) is 5.11 Å². The van der Waals surface area contributed by atoms with Gasteiger partial charge >= 0.3 is 0 Å². The molecule has 1 N–H and O–H groups in total. The average molecular weight is 322 g/mol. The molecule has 0 saturated heterocycles.